The minimum absolute atomic E-state index is 0.0584. The molecular formula is C14H22N2O2S. The largest absolute Gasteiger partial charge is 0.395 e. The Morgan fingerprint density at radius 2 is 2.16 bits per heavy atom. The lowest BCUT2D eigenvalue weighted by atomic mass is 10.0. The summed E-state index contributed by atoms with van der Waals surface area (Å²) in [6.45, 7) is 6.24. The molecule has 0 bridgehead atoms. The van der Waals surface area contributed by atoms with Crippen LogP contribution in [0.4, 0.5) is 0 Å². The van der Waals surface area contributed by atoms with E-state index in [2.05, 4.69) is 16.3 Å². The van der Waals surface area contributed by atoms with Crippen LogP contribution in [-0.4, -0.2) is 60.1 Å². The van der Waals surface area contributed by atoms with E-state index in [0.29, 0.717) is 6.54 Å². The van der Waals surface area contributed by atoms with Crippen molar-refractivity contribution in [3.8, 4) is 0 Å². The van der Waals surface area contributed by atoms with Gasteiger partial charge in [-0.15, -0.1) is 11.3 Å². The van der Waals surface area contributed by atoms with E-state index < -0.39 is 0 Å². The molecule has 0 aromatic carbocycles. The van der Waals surface area contributed by atoms with Gasteiger partial charge in [-0.1, -0.05) is 13.0 Å². The highest BCUT2D eigenvalue weighted by molar-refractivity contribution is 7.09. The zero-order chi connectivity index (χ0) is 13.7. The number of carbonyl (C=O) groups is 1. The number of piperazine rings is 1. The van der Waals surface area contributed by atoms with E-state index in [1.54, 1.807) is 11.3 Å². The number of β-amino-alcohol motifs (C(OH)–C–C–N with tert-alkyl or cyclic N) is 1. The van der Waals surface area contributed by atoms with Gasteiger partial charge in [-0.05, 0) is 17.9 Å². The van der Waals surface area contributed by atoms with Gasteiger partial charge in [-0.25, -0.2) is 0 Å². The Hall–Kier alpha value is -0.910. The molecule has 1 fully saturated rings. The van der Waals surface area contributed by atoms with Gasteiger partial charge >= 0.3 is 0 Å². The second-order valence-corrected chi connectivity index (χ2v) is 6.11. The van der Waals surface area contributed by atoms with E-state index in [-0.39, 0.29) is 18.4 Å². The Labute approximate surface area is 118 Å². The van der Waals surface area contributed by atoms with Crippen LogP contribution < -0.4 is 0 Å². The molecule has 0 aliphatic carbocycles. The molecule has 1 aromatic heterocycles. The van der Waals surface area contributed by atoms with Gasteiger partial charge in [0.15, 0.2) is 0 Å². The van der Waals surface area contributed by atoms with Crippen LogP contribution in [0, 0.1) is 5.92 Å². The molecule has 1 amide bonds. The van der Waals surface area contributed by atoms with Crippen LogP contribution in [0.2, 0.25) is 0 Å². The van der Waals surface area contributed by atoms with Crippen molar-refractivity contribution in [1.29, 1.82) is 0 Å². The number of aliphatic hydroxyl groups excluding tert-OH is 1. The fourth-order valence-corrected chi connectivity index (χ4v) is 3.30. The molecule has 106 valence electrons. The Morgan fingerprint density at radius 3 is 2.74 bits per heavy atom. The first-order chi connectivity index (χ1) is 9.20. The van der Waals surface area contributed by atoms with Crippen LogP contribution >= 0.6 is 11.3 Å². The van der Waals surface area contributed by atoms with Gasteiger partial charge in [-0.3, -0.25) is 9.69 Å². The molecule has 1 unspecified atom stereocenters. The van der Waals surface area contributed by atoms with Gasteiger partial charge in [0.1, 0.15) is 0 Å². The van der Waals surface area contributed by atoms with E-state index in [1.165, 1.54) is 4.88 Å². The fourth-order valence-electron chi connectivity index (χ4n) is 2.46. The van der Waals surface area contributed by atoms with E-state index in [0.717, 1.165) is 32.6 Å². The van der Waals surface area contributed by atoms with Crippen molar-refractivity contribution >= 4 is 17.2 Å². The third-order valence-electron chi connectivity index (χ3n) is 3.61. The molecule has 19 heavy (non-hydrogen) atoms. The quantitative estimate of drug-likeness (QED) is 0.878. The first-order valence-electron chi connectivity index (χ1n) is 6.85. The molecule has 0 saturated carbocycles. The summed E-state index contributed by atoms with van der Waals surface area (Å²) in [5.74, 6) is 0.320. The minimum atomic E-state index is 0.0584. The lowest BCUT2D eigenvalue weighted by molar-refractivity contribution is -0.136. The number of amides is 1. The first-order valence-corrected chi connectivity index (χ1v) is 7.73. The summed E-state index contributed by atoms with van der Waals surface area (Å²) in [6, 6.07) is 4.12. The molecule has 1 aromatic rings. The second-order valence-electron chi connectivity index (χ2n) is 5.08. The standard InChI is InChI=1S/C14H22N2O2S/c1-12(11-13-3-2-10-19-13)14(18)16-6-4-15(5-7-16)8-9-17/h2-3,10,12,17H,4-9,11H2,1H3. The van der Waals surface area contributed by atoms with Crippen LogP contribution in [0.15, 0.2) is 17.5 Å². The summed E-state index contributed by atoms with van der Waals surface area (Å²) in [6.07, 6.45) is 0.841. The maximum Gasteiger partial charge on any atom is 0.225 e. The monoisotopic (exact) mass is 282 g/mol. The van der Waals surface area contributed by atoms with Gasteiger partial charge in [0, 0.05) is 43.5 Å². The highest BCUT2D eigenvalue weighted by Crippen LogP contribution is 2.17. The molecule has 1 aliphatic heterocycles. The zero-order valence-corrected chi connectivity index (χ0v) is 12.2. The summed E-state index contributed by atoms with van der Waals surface area (Å²) in [4.78, 5) is 17.8. The van der Waals surface area contributed by atoms with Gasteiger partial charge in [0.05, 0.1) is 6.61 Å². The maximum atomic E-state index is 12.4. The lowest BCUT2D eigenvalue weighted by Crippen LogP contribution is -2.50. The Balaban J connectivity index is 1.80. The number of carbonyl (C=O) groups excluding carboxylic acids is 1. The van der Waals surface area contributed by atoms with Gasteiger partial charge < -0.3 is 10.0 Å². The van der Waals surface area contributed by atoms with Crippen LogP contribution in [0.1, 0.15) is 11.8 Å². The summed E-state index contributed by atoms with van der Waals surface area (Å²) < 4.78 is 0. The summed E-state index contributed by atoms with van der Waals surface area (Å²) in [7, 11) is 0. The van der Waals surface area contributed by atoms with Crippen LogP contribution in [0.5, 0.6) is 0 Å². The molecule has 1 atom stereocenters. The van der Waals surface area contributed by atoms with Crippen LogP contribution in [-0.2, 0) is 11.2 Å². The van der Waals surface area contributed by atoms with Crippen molar-refractivity contribution in [3.05, 3.63) is 22.4 Å². The summed E-state index contributed by atoms with van der Waals surface area (Å²) >= 11 is 1.72. The topological polar surface area (TPSA) is 43.8 Å². The Bertz CT molecular complexity index is 386. The van der Waals surface area contributed by atoms with Gasteiger partial charge in [-0.2, -0.15) is 0 Å². The molecule has 1 aliphatic rings. The molecule has 1 saturated heterocycles. The number of aliphatic hydroxyl groups is 1. The van der Waals surface area contributed by atoms with Crippen molar-refractivity contribution in [2.24, 2.45) is 5.92 Å². The number of thiophene rings is 1. The zero-order valence-electron chi connectivity index (χ0n) is 11.4. The summed E-state index contributed by atoms with van der Waals surface area (Å²) in [5.41, 5.74) is 0. The Morgan fingerprint density at radius 1 is 1.42 bits per heavy atom. The molecule has 0 radical (unpaired) electrons. The van der Waals surface area contributed by atoms with Crippen molar-refractivity contribution in [2.75, 3.05) is 39.3 Å². The van der Waals surface area contributed by atoms with E-state index in [9.17, 15) is 4.79 Å². The number of hydrogen-bond acceptors (Lipinski definition) is 4. The third-order valence-corrected chi connectivity index (χ3v) is 4.51. The number of hydrogen-bond donors (Lipinski definition) is 1. The van der Waals surface area contributed by atoms with E-state index in [4.69, 9.17) is 5.11 Å². The maximum absolute atomic E-state index is 12.4. The first kappa shape index (κ1) is 14.5. The predicted molar refractivity (Wildman–Crippen MR) is 77.3 cm³/mol. The van der Waals surface area contributed by atoms with Crippen LogP contribution in [0.3, 0.4) is 0 Å². The van der Waals surface area contributed by atoms with Crippen molar-refractivity contribution in [1.82, 2.24) is 9.80 Å². The second kappa shape index (κ2) is 7.03. The molecule has 1 N–H and O–H groups in total. The van der Waals surface area contributed by atoms with Gasteiger partial charge in [0.25, 0.3) is 0 Å². The highest BCUT2D eigenvalue weighted by Gasteiger charge is 2.24. The molecular weight excluding hydrogens is 260 g/mol. The molecule has 2 heterocycles. The smallest absolute Gasteiger partial charge is 0.225 e. The molecule has 0 spiro atoms. The minimum Gasteiger partial charge on any atom is -0.395 e. The lowest BCUT2D eigenvalue weighted by Gasteiger charge is -2.35. The van der Waals surface area contributed by atoms with Crippen LogP contribution in [0.25, 0.3) is 0 Å². The van der Waals surface area contributed by atoms with Crippen molar-refractivity contribution in [2.45, 2.75) is 13.3 Å². The van der Waals surface area contributed by atoms with Crippen molar-refractivity contribution < 1.29 is 9.90 Å². The number of rotatable bonds is 5. The summed E-state index contributed by atoms with van der Waals surface area (Å²) in [5, 5.41) is 11.0. The molecule has 4 nitrogen and oxygen atoms in total. The average molecular weight is 282 g/mol. The fraction of sp³-hybridized carbons (Fsp3) is 0.643. The molecule has 5 heteroatoms. The third kappa shape index (κ3) is 4.03. The highest BCUT2D eigenvalue weighted by atomic mass is 32.1. The van der Waals surface area contributed by atoms with E-state index >= 15 is 0 Å². The predicted octanol–water partition coefficient (Wildman–Crippen LogP) is 1.06. The van der Waals surface area contributed by atoms with Gasteiger partial charge in [0.2, 0.25) is 5.91 Å². The SMILES string of the molecule is CC(Cc1cccs1)C(=O)N1CCN(CCO)CC1. The average Bonchev–Trinajstić information content (AvgIpc) is 2.92. The molecule has 2 rings (SSSR count). The Kier molecular flexibility index (Phi) is 5.36. The normalized spacial score (nSPS) is 18.5. The van der Waals surface area contributed by atoms with E-state index in [1.807, 2.05) is 17.9 Å². The number of nitrogens with zero attached hydrogens (tertiary/aromatic N) is 2. The van der Waals surface area contributed by atoms with Crippen molar-refractivity contribution in [3.63, 3.8) is 0 Å².